The molecular weight excluding hydrogens is 448 g/mol. The molecule has 0 atom stereocenters. The number of aromatic nitrogens is 1. The van der Waals surface area contributed by atoms with Crippen LogP contribution in [0.15, 0.2) is 72.8 Å². The molecule has 1 aromatic heterocycles. The van der Waals surface area contributed by atoms with E-state index in [9.17, 15) is 14.9 Å². The average molecular weight is 471 g/mol. The van der Waals surface area contributed by atoms with Gasteiger partial charge in [-0.15, -0.1) is 0 Å². The first-order valence-electron chi connectivity index (χ1n) is 11.6. The van der Waals surface area contributed by atoms with Crippen LogP contribution in [0, 0.1) is 36.5 Å². The average Bonchev–Trinajstić information content (AvgIpc) is 3.29. The fourth-order valence-electron chi connectivity index (χ4n) is 4.82. The number of nitrogens with zero attached hydrogens (tertiary/aromatic N) is 4. The topological polar surface area (TPSA) is 89.9 Å². The van der Waals surface area contributed by atoms with Crippen LogP contribution in [0.25, 0.3) is 11.1 Å². The number of imide groups is 1. The second-order valence-electron chi connectivity index (χ2n) is 8.87. The molecule has 3 aromatic carbocycles. The summed E-state index contributed by atoms with van der Waals surface area (Å²) in [5.41, 5.74) is 7.64. The molecule has 2 amide bonds. The summed E-state index contributed by atoms with van der Waals surface area (Å²) >= 11 is 0. The molecule has 6 nitrogen and oxygen atoms in total. The Bertz CT molecular complexity index is 1560. The summed E-state index contributed by atoms with van der Waals surface area (Å²) in [6.07, 6.45) is 0. The maximum absolute atomic E-state index is 12.7. The fourth-order valence-corrected chi connectivity index (χ4v) is 4.82. The molecule has 0 spiro atoms. The minimum absolute atomic E-state index is 0.218. The number of amides is 2. The molecule has 0 bridgehead atoms. The van der Waals surface area contributed by atoms with Gasteiger partial charge >= 0.3 is 0 Å². The molecule has 174 valence electrons. The van der Waals surface area contributed by atoms with Gasteiger partial charge < -0.3 is 4.57 Å². The minimum atomic E-state index is -0.266. The van der Waals surface area contributed by atoms with Crippen LogP contribution in [0.4, 0.5) is 0 Å². The normalized spacial score (nSPS) is 12.4. The molecular formula is C30H22N4O2. The van der Waals surface area contributed by atoms with Crippen LogP contribution in [-0.2, 0) is 13.1 Å². The van der Waals surface area contributed by atoms with Gasteiger partial charge in [0.25, 0.3) is 11.8 Å². The highest BCUT2D eigenvalue weighted by molar-refractivity contribution is 6.21. The molecule has 5 rings (SSSR count). The van der Waals surface area contributed by atoms with Crippen molar-refractivity contribution < 1.29 is 9.59 Å². The molecule has 1 aliphatic rings. The Morgan fingerprint density at radius 1 is 0.694 bits per heavy atom. The Balaban J connectivity index is 1.38. The summed E-state index contributed by atoms with van der Waals surface area (Å²) in [4.78, 5) is 26.6. The van der Waals surface area contributed by atoms with E-state index in [0.29, 0.717) is 28.8 Å². The molecule has 2 heterocycles. The molecule has 0 saturated carbocycles. The Kier molecular flexibility index (Phi) is 5.72. The summed E-state index contributed by atoms with van der Waals surface area (Å²) in [7, 11) is 0. The van der Waals surface area contributed by atoms with E-state index in [0.717, 1.165) is 33.6 Å². The van der Waals surface area contributed by atoms with Crippen molar-refractivity contribution in [2.45, 2.75) is 26.9 Å². The molecule has 1 aliphatic heterocycles. The highest BCUT2D eigenvalue weighted by atomic mass is 16.2. The Morgan fingerprint density at radius 3 is 1.78 bits per heavy atom. The van der Waals surface area contributed by atoms with Crippen molar-refractivity contribution in [3.8, 4) is 23.3 Å². The van der Waals surface area contributed by atoms with Gasteiger partial charge in [0.2, 0.25) is 0 Å². The van der Waals surface area contributed by atoms with Crippen LogP contribution in [0.3, 0.4) is 0 Å². The molecule has 36 heavy (non-hydrogen) atoms. The zero-order valence-corrected chi connectivity index (χ0v) is 19.9. The first-order chi connectivity index (χ1) is 17.4. The Hall–Kier alpha value is -4.94. The largest absolute Gasteiger partial charge is 0.343 e. The van der Waals surface area contributed by atoms with E-state index in [4.69, 9.17) is 5.26 Å². The molecule has 0 saturated heterocycles. The van der Waals surface area contributed by atoms with Gasteiger partial charge in [0, 0.05) is 23.5 Å². The van der Waals surface area contributed by atoms with E-state index in [2.05, 4.69) is 16.7 Å². The number of benzene rings is 3. The quantitative estimate of drug-likeness (QED) is 0.367. The summed E-state index contributed by atoms with van der Waals surface area (Å²) in [5, 5.41) is 19.0. The first kappa shape index (κ1) is 22.8. The van der Waals surface area contributed by atoms with Crippen LogP contribution in [0.1, 0.15) is 54.4 Å². The SMILES string of the molecule is Cc1c(C#N)c(-c2ccc(C#N)cc2)c(C)n1Cc1ccc(CN2C(=O)c3ccccc3C2=O)cc1. The van der Waals surface area contributed by atoms with Gasteiger partial charge in [0.1, 0.15) is 6.07 Å². The van der Waals surface area contributed by atoms with E-state index in [1.165, 1.54) is 4.90 Å². The predicted octanol–water partition coefficient (Wildman–Crippen LogP) is 5.36. The van der Waals surface area contributed by atoms with E-state index < -0.39 is 0 Å². The molecule has 0 fully saturated rings. The number of hydrogen-bond acceptors (Lipinski definition) is 4. The Labute approximate surface area is 209 Å². The third-order valence-corrected chi connectivity index (χ3v) is 6.78. The van der Waals surface area contributed by atoms with Crippen molar-refractivity contribution in [1.82, 2.24) is 9.47 Å². The molecule has 0 radical (unpaired) electrons. The zero-order valence-electron chi connectivity index (χ0n) is 19.9. The molecule has 0 unspecified atom stereocenters. The fraction of sp³-hybridized carbons (Fsp3) is 0.133. The monoisotopic (exact) mass is 470 g/mol. The lowest BCUT2D eigenvalue weighted by atomic mass is 10.0. The lowest BCUT2D eigenvalue weighted by Gasteiger charge is -2.15. The third-order valence-electron chi connectivity index (χ3n) is 6.78. The van der Waals surface area contributed by atoms with Gasteiger partial charge in [-0.05, 0) is 54.8 Å². The Morgan fingerprint density at radius 2 is 1.25 bits per heavy atom. The van der Waals surface area contributed by atoms with E-state index in [-0.39, 0.29) is 18.4 Å². The lowest BCUT2D eigenvalue weighted by molar-refractivity contribution is 0.0642. The van der Waals surface area contributed by atoms with Crippen molar-refractivity contribution in [3.05, 3.63) is 118 Å². The summed E-state index contributed by atoms with van der Waals surface area (Å²) in [5.74, 6) is -0.532. The van der Waals surface area contributed by atoms with Crippen LogP contribution in [-0.4, -0.2) is 21.3 Å². The molecule has 0 aliphatic carbocycles. The number of nitriles is 2. The smallest absolute Gasteiger partial charge is 0.261 e. The van der Waals surface area contributed by atoms with Gasteiger partial charge in [-0.1, -0.05) is 48.5 Å². The van der Waals surface area contributed by atoms with Crippen molar-refractivity contribution in [2.75, 3.05) is 0 Å². The van der Waals surface area contributed by atoms with Gasteiger partial charge in [0.05, 0.1) is 34.9 Å². The summed E-state index contributed by atoms with van der Waals surface area (Å²) in [6, 6.07) is 26.5. The number of carbonyl (C=O) groups is 2. The second-order valence-corrected chi connectivity index (χ2v) is 8.87. The number of carbonyl (C=O) groups excluding carboxylic acids is 2. The van der Waals surface area contributed by atoms with Crippen LogP contribution >= 0.6 is 0 Å². The number of hydrogen-bond donors (Lipinski definition) is 0. The maximum atomic E-state index is 12.7. The molecule has 0 N–H and O–H groups in total. The van der Waals surface area contributed by atoms with Crippen LogP contribution in [0.5, 0.6) is 0 Å². The van der Waals surface area contributed by atoms with Crippen molar-refractivity contribution >= 4 is 11.8 Å². The third kappa shape index (κ3) is 3.76. The van der Waals surface area contributed by atoms with Gasteiger partial charge in [-0.3, -0.25) is 14.5 Å². The number of rotatable bonds is 5. The van der Waals surface area contributed by atoms with E-state index in [1.54, 1.807) is 36.4 Å². The van der Waals surface area contributed by atoms with Crippen LogP contribution < -0.4 is 0 Å². The predicted molar refractivity (Wildman–Crippen MR) is 135 cm³/mol. The van der Waals surface area contributed by atoms with Gasteiger partial charge in [0.15, 0.2) is 0 Å². The van der Waals surface area contributed by atoms with Crippen LogP contribution in [0.2, 0.25) is 0 Å². The van der Waals surface area contributed by atoms with Crippen molar-refractivity contribution in [1.29, 1.82) is 10.5 Å². The standard InChI is InChI=1S/C30H22N4O2/c1-19-27(16-32)28(24-13-11-21(15-31)12-14-24)20(2)33(19)17-22-7-9-23(10-8-22)18-34-29(35)25-5-3-4-6-26(25)30(34)36/h3-14H,17-18H2,1-2H3. The van der Waals surface area contributed by atoms with Gasteiger partial charge in [-0.2, -0.15) is 10.5 Å². The minimum Gasteiger partial charge on any atom is -0.343 e. The maximum Gasteiger partial charge on any atom is 0.261 e. The molecule has 6 heteroatoms. The second kappa shape index (κ2) is 9.02. The summed E-state index contributed by atoms with van der Waals surface area (Å²) < 4.78 is 2.12. The zero-order chi connectivity index (χ0) is 25.4. The van der Waals surface area contributed by atoms with Gasteiger partial charge in [-0.25, -0.2) is 0 Å². The van der Waals surface area contributed by atoms with E-state index in [1.807, 2.05) is 50.2 Å². The summed E-state index contributed by atoms with van der Waals surface area (Å²) in [6.45, 7) is 4.74. The van der Waals surface area contributed by atoms with Crippen molar-refractivity contribution in [2.24, 2.45) is 0 Å². The molecule has 4 aromatic rings. The van der Waals surface area contributed by atoms with E-state index >= 15 is 0 Å². The highest BCUT2D eigenvalue weighted by Gasteiger charge is 2.34. The first-order valence-corrected chi connectivity index (χ1v) is 11.6. The van der Waals surface area contributed by atoms with Crippen molar-refractivity contribution in [3.63, 3.8) is 0 Å². The highest BCUT2D eigenvalue weighted by Crippen LogP contribution is 2.33. The number of fused-ring (bicyclic) bond motifs is 1. The lowest BCUT2D eigenvalue weighted by Crippen LogP contribution is -2.29.